The van der Waals surface area contributed by atoms with Gasteiger partial charge in [-0.3, -0.25) is 0 Å². The molecule has 0 aromatic heterocycles. The zero-order valence-corrected chi connectivity index (χ0v) is 11.2. The van der Waals surface area contributed by atoms with Crippen molar-refractivity contribution in [2.45, 2.75) is 63.8 Å². The van der Waals surface area contributed by atoms with E-state index in [1.807, 2.05) is 0 Å². The zero-order chi connectivity index (χ0) is 12.0. The monoisotopic (exact) mass is 241 g/mol. The van der Waals surface area contributed by atoms with E-state index >= 15 is 0 Å². The minimum Gasteiger partial charge on any atom is -0.364 e. The van der Waals surface area contributed by atoms with Gasteiger partial charge < -0.3 is 9.47 Å². The van der Waals surface area contributed by atoms with E-state index < -0.39 is 0 Å². The van der Waals surface area contributed by atoms with Crippen molar-refractivity contribution in [3.63, 3.8) is 0 Å². The summed E-state index contributed by atoms with van der Waals surface area (Å²) in [6, 6.07) is 0. The van der Waals surface area contributed by atoms with Crippen LogP contribution < -0.4 is 0 Å². The number of hydrogen-bond acceptors (Lipinski definition) is 3. The second kappa shape index (κ2) is 6.72. The molecule has 0 aromatic carbocycles. The Morgan fingerprint density at radius 3 is 2.12 bits per heavy atom. The van der Waals surface area contributed by atoms with E-state index in [1.165, 1.54) is 51.4 Å². The van der Waals surface area contributed by atoms with Gasteiger partial charge in [0.2, 0.25) is 0 Å². The maximum atomic E-state index is 5.57. The first-order valence-corrected chi connectivity index (χ1v) is 7.28. The number of unbranched alkanes of at least 4 members (excludes halogenated alkanes) is 6. The maximum Gasteiger partial charge on any atom is 0.101 e. The van der Waals surface area contributed by atoms with Crippen LogP contribution in [0, 0.1) is 0 Å². The van der Waals surface area contributed by atoms with Gasteiger partial charge in [0.15, 0.2) is 0 Å². The summed E-state index contributed by atoms with van der Waals surface area (Å²) in [7, 11) is 0. The fraction of sp³-hybridized carbons (Fsp3) is 1.00. The second-order valence-electron chi connectivity index (χ2n) is 5.59. The molecule has 2 rings (SSSR count). The van der Waals surface area contributed by atoms with E-state index in [4.69, 9.17) is 9.47 Å². The van der Waals surface area contributed by atoms with Crippen LogP contribution in [0.25, 0.3) is 0 Å². The van der Waals surface area contributed by atoms with Crippen LogP contribution in [0.5, 0.6) is 0 Å². The smallest absolute Gasteiger partial charge is 0.101 e. The van der Waals surface area contributed by atoms with E-state index in [-0.39, 0.29) is 5.54 Å². The van der Waals surface area contributed by atoms with Crippen molar-refractivity contribution in [1.82, 2.24) is 4.90 Å². The molecule has 0 radical (unpaired) electrons. The van der Waals surface area contributed by atoms with Crippen molar-refractivity contribution in [2.75, 3.05) is 26.7 Å². The highest BCUT2D eigenvalue weighted by Gasteiger charge is 2.45. The topological polar surface area (TPSA) is 21.7 Å². The normalized spacial score (nSPS) is 23.1. The van der Waals surface area contributed by atoms with Gasteiger partial charge in [-0.05, 0) is 6.42 Å². The lowest BCUT2D eigenvalue weighted by atomic mass is 9.93. The standard InChI is InChI=1S/C14H27NO2/c1-2-3-4-5-6-7-8-9-14-10-16-12-15(14)13-17-11-14/h2-13H2,1H3. The summed E-state index contributed by atoms with van der Waals surface area (Å²) in [6.07, 6.45) is 10.9. The summed E-state index contributed by atoms with van der Waals surface area (Å²) in [5.41, 5.74) is 0.240. The summed E-state index contributed by atoms with van der Waals surface area (Å²) in [5, 5.41) is 0. The summed E-state index contributed by atoms with van der Waals surface area (Å²) >= 11 is 0. The zero-order valence-electron chi connectivity index (χ0n) is 11.2. The molecule has 0 spiro atoms. The Balaban J connectivity index is 1.55. The van der Waals surface area contributed by atoms with E-state index in [0.717, 1.165) is 26.7 Å². The van der Waals surface area contributed by atoms with Gasteiger partial charge in [0, 0.05) is 0 Å². The summed E-state index contributed by atoms with van der Waals surface area (Å²) in [6.45, 7) is 5.58. The number of rotatable bonds is 8. The molecular weight excluding hydrogens is 214 g/mol. The summed E-state index contributed by atoms with van der Waals surface area (Å²) < 4.78 is 11.1. The Bertz CT molecular complexity index is 210. The van der Waals surface area contributed by atoms with Crippen LogP contribution in [-0.2, 0) is 9.47 Å². The molecule has 0 aromatic rings. The number of fused-ring (bicyclic) bond motifs is 1. The molecular formula is C14H27NO2. The molecule has 2 saturated heterocycles. The third kappa shape index (κ3) is 3.43. The Labute approximate surface area is 105 Å². The van der Waals surface area contributed by atoms with Crippen LogP contribution in [0.4, 0.5) is 0 Å². The van der Waals surface area contributed by atoms with E-state index in [1.54, 1.807) is 0 Å². The van der Waals surface area contributed by atoms with Gasteiger partial charge in [-0.1, -0.05) is 51.9 Å². The van der Waals surface area contributed by atoms with Crippen molar-refractivity contribution in [2.24, 2.45) is 0 Å². The van der Waals surface area contributed by atoms with Gasteiger partial charge in [0.1, 0.15) is 13.5 Å². The lowest BCUT2D eigenvalue weighted by molar-refractivity contribution is 0.0695. The molecule has 0 amide bonds. The first-order valence-electron chi connectivity index (χ1n) is 7.28. The van der Waals surface area contributed by atoms with Gasteiger partial charge in [-0.15, -0.1) is 0 Å². The number of nitrogens with zero attached hydrogens (tertiary/aromatic N) is 1. The van der Waals surface area contributed by atoms with Gasteiger partial charge in [-0.25, -0.2) is 4.90 Å². The van der Waals surface area contributed by atoms with Crippen molar-refractivity contribution < 1.29 is 9.47 Å². The fourth-order valence-corrected chi connectivity index (χ4v) is 2.94. The van der Waals surface area contributed by atoms with E-state index in [0.29, 0.717) is 0 Å². The van der Waals surface area contributed by atoms with Gasteiger partial charge >= 0.3 is 0 Å². The van der Waals surface area contributed by atoms with Gasteiger partial charge in [0.05, 0.1) is 18.8 Å². The van der Waals surface area contributed by atoms with Crippen LogP contribution >= 0.6 is 0 Å². The molecule has 3 nitrogen and oxygen atoms in total. The average Bonchev–Trinajstić information content (AvgIpc) is 2.87. The molecule has 2 heterocycles. The predicted molar refractivity (Wildman–Crippen MR) is 68.8 cm³/mol. The molecule has 0 aliphatic carbocycles. The first kappa shape index (κ1) is 13.3. The summed E-state index contributed by atoms with van der Waals surface area (Å²) in [5.74, 6) is 0. The average molecular weight is 241 g/mol. The van der Waals surface area contributed by atoms with Crippen LogP contribution in [0.2, 0.25) is 0 Å². The number of ether oxygens (including phenoxy) is 2. The fourth-order valence-electron chi connectivity index (χ4n) is 2.94. The lowest BCUT2D eigenvalue weighted by Gasteiger charge is -2.27. The van der Waals surface area contributed by atoms with Crippen LogP contribution in [0.1, 0.15) is 58.3 Å². The minimum atomic E-state index is 0.240. The van der Waals surface area contributed by atoms with Crippen molar-refractivity contribution >= 4 is 0 Å². The Hall–Kier alpha value is -0.120. The molecule has 0 unspecified atom stereocenters. The Kier molecular flexibility index (Phi) is 5.26. The summed E-state index contributed by atoms with van der Waals surface area (Å²) in [4.78, 5) is 2.37. The molecule has 0 atom stereocenters. The van der Waals surface area contributed by atoms with Gasteiger partial charge in [-0.2, -0.15) is 0 Å². The molecule has 0 bridgehead atoms. The molecule has 2 aliphatic rings. The van der Waals surface area contributed by atoms with E-state index in [2.05, 4.69) is 11.8 Å². The SMILES string of the molecule is CCCCCCCCCC12COCN1COC2. The first-order chi connectivity index (χ1) is 8.37. The van der Waals surface area contributed by atoms with Crippen LogP contribution in [0.15, 0.2) is 0 Å². The largest absolute Gasteiger partial charge is 0.364 e. The molecule has 0 saturated carbocycles. The highest BCUT2D eigenvalue weighted by Crippen LogP contribution is 2.33. The second-order valence-corrected chi connectivity index (χ2v) is 5.59. The van der Waals surface area contributed by atoms with Crippen LogP contribution in [0.3, 0.4) is 0 Å². The lowest BCUT2D eigenvalue weighted by Crippen LogP contribution is -2.42. The van der Waals surface area contributed by atoms with Crippen molar-refractivity contribution in [1.29, 1.82) is 0 Å². The van der Waals surface area contributed by atoms with E-state index in [9.17, 15) is 0 Å². The molecule has 0 N–H and O–H groups in total. The molecule has 17 heavy (non-hydrogen) atoms. The molecule has 100 valence electrons. The third-order valence-electron chi connectivity index (χ3n) is 4.15. The third-order valence-corrected chi connectivity index (χ3v) is 4.15. The quantitative estimate of drug-likeness (QED) is 0.609. The van der Waals surface area contributed by atoms with Gasteiger partial charge in [0.25, 0.3) is 0 Å². The minimum absolute atomic E-state index is 0.240. The number of hydrogen-bond donors (Lipinski definition) is 0. The van der Waals surface area contributed by atoms with Crippen molar-refractivity contribution in [3.8, 4) is 0 Å². The molecule has 2 fully saturated rings. The highest BCUT2D eigenvalue weighted by atomic mass is 16.6. The predicted octanol–water partition coefficient (Wildman–Crippen LogP) is 3.14. The maximum absolute atomic E-state index is 5.57. The Morgan fingerprint density at radius 1 is 0.882 bits per heavy atom. The van der Waals surface area contributed by atoms with Crippen LogP contribution in [-0.4, -0.2) is 37.1 Å². The Morgan fingerprint density at radius 2 is 1.47 bits per heavy atom. The highest BCUT2D eigenvalue weighted by molar-refractivity contribution is 4.95. The van der Waals surface area contributed by atoms with Crippen molar-refractivity contribution in [3.05, 3.63) is 0 Å². The molecule has 2 aliphatic heterocycles. The molecule has 3 heteroatoms.